The van der Waals surface area contributed by atoms with Gasteiger partial charge in [0.2, 0.25) is 0 Å². The molecular formula is C10H7F3OS. The Morgan fingerprint density at radius 2 is 1.93 bits per heavy atom. The molecule has 1 nitrogen and oxygen atoms in total. The minimum absolute atomic E-state index is 0.135. The summed E-state index contributed by atoms with van der Waals surface area (Å²) in [7, 11) is 0. The summed E-state index contributed by atoms with van der Waals surface area (Å²) in [5.74, 6) is -0.135. The highest BCUT2D eigenvalue weighted by molar-refractivity contribution is 7.11. The van der Waals surface area contributed by atoms with E-state index in [0.717, 1.165) is 10.3 Å². The maximum atomic E-state index is 12.1. The van der Waals surface area contributed by atoms with E-state index in [4.69, 9.17) is 0 Å². The maximum absolute atomic E-state index is 12.1. The Hall–Kier alpha value is -1.23. The molecule has 1 aromatic carbocycles. The van der Waals surface area contributed by atoms with Gasteiger partial charge in [0.1, 0.15) is 5.75 Å². The van der Waals surface area contributed by atoms with Crippen molar-refractivity contribution >= 4 is 22.1 Å². The van der Waals surface area contributed by atoms with Crippen LogP contribution in [0.5, 0.6) is 5.75 Å². The third-order valence-corrected chi connectivity index (χ3v) is 2.95. The molecule has 0 aliphatic rings. The second-order valence-corrected chi connectivity index (χ2v) is 4.14. The normalized spacial score (nSPS) is 12.0. The van der Waals surface area contributed by atoms with E-state index in [0.29, 0.717) is 5.39 Å². The van der Waals surface area contributed by atoms with Crippen LogP contribution < -0.4 is 4.74 Å². The number of rotatable bonds is 1. The standard InChI is InChI=1S/C10H7F3OS/c1-6-7-3-2-4-9(8(7)5-15-6)14-10(11,12)13/h2-5H,1H3. The lowest BCUT2D eigenvalue weighted by atomic mass is 10.2. The largest absolute Gasteiger partial charge is 0.573 e. The molecule has 0 unspecified atom stereocenters. The molecule has 1 heterocycles. The molecule has 0 spiro atoms. The quantitative estimate of drug-likeness (QED) is 0.719. The van der Waals surface area contributed by atoms with Crippen LogP contribution in [0.3, 0.4) is 0 Å². The van der Waals surface area contributed by atoms with E-state index in [1.807, 2.05) is 6.92 Å². The first kappa shape index (κ1) is 10.3. The maximum Gasteiger partial charge on any atom is 0.573 e. The molecule has 0 amide bonds. The molecule has 0 radical (unpaired) electrons. The first-order chi connectivity index (χ1) is 6.97. The summed E-state index contributed by atoms with van der Waals surface area (Å²) < 4.78 is 40.1. The molecule has 0 saturated carbocycles. The summed E-state index contributed by atoms with van der Waals surface area (Å²) in [6, 6.07) is 4.66. The topological polar surface area (TPSA) is 9.23 Å². The van der Waals surface area contributed by atoms with E-state index >= 15 is 0 Å². The van der Waals surface area contributed by atoms with Crippen molar-refractivity contribution in [3.05, 3.63) is 28.5 Å². The van der Waals surface area contributed by atoms with Crippen LogP contribution >= 0.6 is 11.3 Å². The second-order valence-electron chi connectivity index (χ2n) is 3.06. The van der Waals surface area contributed by atoms with E-state index in [1.165, 1.54) is 17.4 Å². The number of halogens is 3. The molecule has 1 aromatic heterocycles. The molecule has 0 fully saturated rings. The third kappa shape index (κ3) is 2.07. The van der Waals surface area contributed by atoms with E-state index < -0.39 is 6.36 Å². The summed E-state index contributed by atoms with van der Waals surface area (Å²) in [6.45, 7) is 1.87. The van der Waals surface area contributed by atoms with Gasteiger partial charge in [0.05, 0.1) is 0 Å². The van der Waals surface area contributed by atoms with Gasteiger partial charge in [-0.25, -0.2) is 0 Å². The summed E-state index contributed by atoms with van der Waals surface area (Å²) in [4.78, 5) is 0.984. The Kier molecular flexibility index (Phi) is 2.34. The van der Waals surface area contributed by atoms with Crippen molar-refractivity contribution in [2.45, 2.75) is 13.3 Å². The fourth-order valence-corrected chi connectivity index (χ4v) is 2.24. The summed E-state index contributed by atoms with van der Waals surface area (Å²) in [5, 5.41) is 2.99. The Morgan fingerprint density at radius 3 is 2.60 bits per heavy atom. The number of hydrogen-bond acceptors (Lipinski definition) is 2. The Morgan fingerprint density at radius 1 is 1.20 bits per heavy atom. The van der Waals surface area contributed by atoms with Gasteiger partial charge in [-0.1, -0.05) is 12.1 Å². The van der Waals surface area contributed by atoms with Gasteiger partial charge >= 0.3 is 6.36 Å². The molecule has 0 aliphatic carbocycles. The van der Waals surface area contributed by atoms with Gasteiger partial charge in [-0.2, -0.15) is 0 Å². The molecule has 0 atom stereocenters. The molecule has 15 heavy (non-hydrogen) atoms. The van der Waals surface area contributed by atoms with Gasteiger partial charge in [0.25, 0.3) is 0 Å². The van der Waals surface area contributed by atoms with Crippen molar-refractivity contribution in [1.29, 1.82) is 0 Å². The zero-order chi connectivity index (χ0) is 11.1. The van der Waals surface area contributed by atoms with E-state index in [9.17, 15) is 13.2 Å². The number of hydrogen-bond donors (Lipinski definition) is 0. The van der Waals surface area contributed by atoms with Crippen LogP contribution in [0.15, 0.2) is 23.6 Å². The van der Waals surface area contributed by atoms with Gasteiger partial charge < -0.3 is 4.74 Å². The molecule has 0 saturated heterocycles. The summed E-state index contributed by atoms with van der Waals surface area (Å²) in [6.07, 6.45) is -4.63. The molecule has 5 heteroatoms. The number of fused-ring (bicyclic) bond motifs is 1. The summed E-state index contributed by atoms with van der Waals surface area (Å²) >= 11 is 1.41. The average Bonchev–Trinajstić information content (AvgIpc) is 2.47. The molecular weight excluding hydrogens is 225 g/mol. The van der Waals surface area contributed by atoms with Crippen LogP contribution in [-0.2, 0) is 0 Å². The predicted molar refractivity (Wildman–Crippen MR) is 53.2 cm³/mol. The van der Waals surface area contributed by atoms with E-state index in [1.54, 1.807) is 17.5 Å². The van der Waals surface area contributed by atoms with E-state index in [-0.39, 0.29) is 5.75 Å². The van der Waals surface area contributed by atoms with Crippen molar-refractivity contribution in [2.75, 3.05) is 0 Å². The Labute approximate surface area is 88.1 Å². The van der Waals surface area contributed by atoms with Crippen molar-refractivity contribution in [3.8, 4) is 5.75 Å². The SMILES string of the molecule is Cc1scc2c(OC(F)(F)F)cccc12. The van der Waals surface area contributed by atoms with Gasteiger partial charge in [0.15, 0.2) is 0 Å². The van der Waals surface area contributed by atoms with E-state index in [2.05, 4.69) is 4.74 Å². The monoisotopic (exact) mass is 232 g/mol. The first-order valence-corrected chi connectivity index (χ1v) is 5.08. The molecule has 0 bridgehead atoms. The number of alkyl halides is 3. The molecule has 80 valence electrons. The van der Waals surface area contributed by atoms with Crippen LogP contribution in [0.2, 0.25) is 0 Å². The lowest BCUT2D eigenvalue weighted by Crippen LogP contribution is -2.17. The molecule has 0 aliphatic heterocycles. The van der Waals surface area contributed by atoms with Crippen LogP contribution in [-0.4, -0.2) is 6.36 Å². The minimum atomic E-state index is -4.63. The zero-order valence-electron chi connectivity index (χ0n) is 7.76. The fraction of sp³-hybridized carbons (Fsp3) is 0.200. The minimum Gasteiger partial charge on any atom is -0.405 e. The lowest BCUT2D eigenvalue weighted by Gasteiger charge is -2.09. The van der Waals surface area contributed by atoms with Crippen LogP contribution in [0, 0.1) is 6.92 Å². The Balaban J connectivity index is 2.52. The second kappa shape index (κ2) is 3.41. The number of aryl methyl sites for hydroxylation is 1. The smallest absolute Gasteiger partial charge is 0.405 e. The van der Waals surface area contributed by atoms with Gasteiger partial charge in [-0.15, -0.1) is 24.5 Å². The number of thiophene rings is 1. The third-order valence-electron chi connectivity index (χ3n) is 2.02. The summed E-state index contributed by atoms with van der Waals surface area (Å²) in [5.41, 5.74) is 0. The number of benzene rings is 1. The van der Waals surface area contributed by atoms with Crippen LogP contribution in [0.25, 0.3) is 10.8 Å². The fourth-order valence-electron chi connectivity index (χ4n) is 1.40. The van der Waals surface area contributed by atoms with Crippen molar-refractivity contribution in [3.63, 3.8) is 0 Å². The molecule has 2 rings (SSSR count). The van der Waals surface area contributed by atoms with Crippen molar-refractivity contribution in [1.82, 2.24) is 0 Å². The van der Waals surface area contributed by atoms with Crippen molar-refractivity contribution < 1.29 is 17.9 Å². The highest BCUT2D eigenvalue weighted by Crippen LogP contribution is 2.34. The number of ether oxygens (including phenoxy) is 1. The Bertz CT molecular complexity index is 487. The van der Waals surface area contributed by atoms with Crippen molar-refractivity contribution in [2.24, 2.45) is 0 Å². The first-order valence-electron chi connectivity index (χ1n) is 4.20. The molecule has 2 aromatic rings. The highest BCUT2D eigenvalue weighted by atomic mass is 32.1. The van der Waals surface area contributed by atoms with Gasteiger partial charge in [-0.3, -0.25) is 0 Å². The highest BCUT2D eigenvalue weighted by Gasteiger charge is 2.31. The lowest BCUT2D eigenvalue weighted by molar-refractivity contribution is -0.274. The van der Waals surface area contributed by atoms with Crippen LogP contribution in [0.1, 0.15) is 4.88 Å². The van der Waals surface area contributed by atoms with Gasteiger partial charge in [-0.05, 0) is 18.4 Å². The van der Waals surface area contributed by atoms with Crippen LogP contribution in [0.4, 0.5) is 13.2 Å². The predicted octanol–water partition coefficient (Wildman–Crippen LogP) is 4.11. The molecule has 0 N–H and O–H groups in total. The zero-order valence-corrected chi connectivity index (χ0v) is 8.58. The average molecular weight is 232 g/mol. The van der Waals surface area contributed by atoms with Gasteiger partial charge in [0, 0.05) is 15.6 Å².